The Morgan fingerprint density at radius 2 is 1.88 bits per heavy atom. The lowest BCUT2D eigenvalue weighted by Crippen LogP contribution is -2.38. The molecule has 0 radical (unpaired) electrons. The van der Waals surface area contributed by atoms with Crippen LogP contribution in [0.3, 0.4) is 0 Å². The number of nitrogens with zero attached hydrogens (tertiary/aromatic N) is 2. The van der Waals surface area contributed by atoms with E-state index in [2.05, 4.69) is 24.8 Å². The third kappa shape index (κ3) is 3.01. The zero-order valence-corrected chi connectivity index (χ0v) is 11.4. The van der Waals surface area contributed by atoms with Gasteiger partial charge in [0, 0.05) is 6.04 Å². The maximum Gasteiger partial charge on any atom is 0.0672 e. The minimum Gasteiger partial charge on any atom is -0.299 e. The second-order valence-corrected chi connectivity index (χ2v) is 6.20. The van der Waals surface area contributed by atoms with Gasteiger partial charge in [0.1, 0.15) is 0 Å². The second-order valence-electron chi connectivity index (χ2n) is 6.20. The van der Waals surface area contributed by atoms with Crippen molar-refractivity contribution in [3.05, 3.63) is 0 Å². The van der Waals surface area contributed by atoms with Crippen molar-refractivity contribution < 1.29 is 0 Å². The zero-order valence-electron chi connectivity index (χ0n) is 11.4. The molecule has 0 bridgehead atoms. The average Bonchev–Trinajstić information content (AvgIpc) is 2.65. The highest BCUT2D eigenvalue weighted by atomic mass is 15.2. The summed E-state index contributed by atoms with van der Waals surface area (Å²) in [5.41, 5.74) is 0. The molecular weight excluding hydrogens is 208 g/mol. The highest BCUT2D eigenvalue weighted by Crippen LogP contribution is 2.32. The van der Waals surface area contributed by atoms with Gasteiger partial charge >= 0.3 is 0 Å². The van der Waals surface area contributed by atoms with Gasteiger partial charge in [-0.1, -0.05) is 20.3 Å². The second kappa shape index (κ2) is 5.87. The van der Waals surface area contributed by atoms with E-state index in [1.807, 2.05) is 0 Å². The summed E-state index contributed by atoms with van der Waals surface area (Å²) in [6.07, 6.45) is 7.70. The first-order valence-corrected chi connectivity index (χ1v) is 7.36. The molecule has 1 aliphatic carbocycles. The molecule has 3 unspecified atom stereocenters. The fraction of sp³-hybridized carbons (Fsp3) is 0.933. The van der Waals surface area contributed by atoms with Gasteiger partial charge in [-0.3, -0.25) is 4.90 Å². The van der Waals surface area contributed by atoms with Gasteiger partial charge in [0.05, 0.1) is 12.0 Å². The normalized spacial score (nSPS) is 35.8. The lowest BCUT2D eigenvalue weighted by Gasteiger charge is -2.29. The first kappa shape index (κ1) is 12.9. The van der Waals surface area contributed by atoms with Crippen molar-refractivity contribution in [3.8, 4) is 6.07 Å². The molecule has 3 atom stereocenters. The standard InChI is InChI=1S/C15H26N2/c1-12(2)13-6-4-9-17(10-8-13)15-7-3-5-14(15)11-16/h12-15H,3-10H2,1-2H3. The van der Waals surface area contributed by atoms with Crippen LogP contribution in [0.1, 0.15) is 52.4 Å². The van der Waals surface area contributed by atoms with E-state index in [0.717, 1.165) is 18.3 Å². The van der Waals surface area contributed by atoms with Crippen LogP contribution >= 0.6 is 0 Å². The molecule has 2 aliphatic rings. The van der Waals surface area contributed by atoms with Crippen LogP contribution in [0.25, 0.3) is 0 Å². The average molecular weight is 234 g/mol. The summed E-state index contributed by atoms with van der Waals surface area (Å²) in [6, 6.07) is 3.10. The van der Waals surface area contributed by atoms with Gasteiger partial charge in [-0.2, -0.15) is 5.26 Å². The van der Waals surface area contributed by atoms with Crippen molar-refractivity contribution in [2.45, 2.75) is 58.4 Å². The molecule has 1 saturated heterocycles. The Hall–Kier alpha value is -0.550. The van der Waals surface area contributed by atoms with Gasteiger partial charge in [0.25, 0.3) is 0 Å². The topological polar surface area (TPSA) is 27.0 Å². The molecule has 0 aromatic rings. The van der Waals surface area contributed by atoms with Crippen molar-refractivity contribution in [3.63, 3.8) is 0 Å². The molecule has 1 saturated carbocycles. The Kier molecular flexibility index (Phi) is 4.45. The molecule has 1 heterocycles. The maximum absolute atomic E-state index is 9.20. The predicted octanol–water partition coefficient (Wildman–Crippen LogP) is 3.44. The van der Waals surface area contributed by atoms with Crippen LogP contribution in [0.15, 0.2) is 0 Å². The Labute approximate surface area is 106 Å². The summed E-state index contributed by atoms with van der Waals surface area (Å²) in [6.45, 7) is 7.17. The quantitative estimate of drug-likeness (QED) is 0.732. The fourth-order valence-electron chi connectivity index (χ4n) is 3.67. The Morgan fingerprint density at radius 3 is 2.59 bits per heavy atom. The van der Waals surface area contributed by atoms with E-state index in [9.17, 15) is 5.26 Å². The minimum atomic E-state index is 0.311. The molecule has 0 aromatic heterocycles. The van der Waals surface area contributed by atoms with Crippen molar-refractivity contribution in [2.24, 2.45) is 17.8 Å². The van der Waals surface area contributed by atoms with E-state index in [1.54, 1.807) is 0 Å². The van der Waals surface area contributed by atoms with E-state index < -0.39 is 0 Å². The summed E-state index contributed by atoms with van der Waals surface area (Å²) in [4.78, 5) is 2.63. The monoisotopic (exact) mass is 234 g/mol. The van der Waals surface area contributed by atoms with Gasteiger partial charge in [-0.15, -0.1) is 0 Å². The third-order valence-corrected chi connectivity index (χ3v) is 4.86. The first-order valence-electron chi connectivity index (χ1n) is 7.36. The number of rotatable bonds is 2. The highest BCUT2D eigenvalue weighted by molar-refractivity contribution is 4.98. The van der Waals surface area contributed by atoms with Gasteiger partial charge in [-0.25, -0.2) is 0 Å². The van der Waals surface area contributed by atoms with Gasteiger partial charge in [0.15, 0.2) is 0 Å². The van der Waals surface area contributed by atoms with Crippen molar-refractivity contribution in [1.82, 2.24) is 4.90 Å². The van der Waals surface area contributed by atoms with E-state index in [4.69, 9.17) is 0 Å². The molecule has 0 amide bonds. The fourth-order valence-corrected chi connectivity index (χ4v) is 3.67. The van der Waals surface area contributed by atoms with E-state index in [-0.39, 0.29) is 0 Å². The molecule has 17 heavy (non-hydrogen) atoms. The number of likely N-dealkylation sites (tertiary alicyclic amines) is 1. The van der Waals surface area contributed by atoms with Crippen LogP contribution in [0.5, 0.6) is 0 Å². The van der Waals surface area contributed by atoms with E-state index in [0.29, 0.717) is 12.0 Å². The summed E-state index contributed by atoms with van der Waals surface area (Å²) >= 11 is 0. The van der Waals surface area contributed by atoms with Crippen molar-refractivity contribution >= 4 is 0 Å². The lowest BCUT2D eigenvalue weighted by atomic mass is 9.89. The van der Waals surface area contributed by atoms with E-state index >= 15 is 0 Å². The van der Waals surface area contributed by atoms with Crippen LogP contribution < -0.4 is 0 Å². The number of hydrogen-bond donors (Lipinski definition) is 0. The molecule has 0 spiro atoms. The van der Waals surface area contributed by atoms with Crippen LogP contribution in [0.2, 0.25) is 0 Å². The third-order valence-electron chi connectivity index (χ3n) is 4.86. The van der Waals surface area contributed by atoms with Crippen LogP contribution in [-0.4, -0.2) is 24.0 Å². The molecule has 0 N–H and O–H groups in total. The first-order chi connectivity index (χ1) is 8.22. The Morgan fingerprint density at radius 1 is 1.06 bits per heavy atom. The Balaban J connectivity index is 1.92. The largest absolute Gasteiger partial charge is 0.299 e. The van der Waals surface area contributed by atoms with Gasteiger partial charge in [0.2, 0.25) is 0 Å². The molecule has 96 valence electrons. The minimum absolute atomic E-state index is 0.311. The molecule has 2 heteroatoms. The van der Waals surface area contributed by atoms with Crippen LogP contribution in [0.4, 0.5) is 0 Å². The number of nitriles is 1. The molecule has 2 fully saturated rings. The van der Waals surface area contributed by atoms with Crippen LogP contribution in [0, 0.1) is 29.1 Å². The molecule has 2 rings (SSSR count). The van der Waals surface area contributed by atoms with E-state index in [1.165, 1.54) is 45.2 Å². The lowest BCUT2D eigenvalue weighted by molar-refractivity contribution is 0.180. The summed E-state index contributed by atoms with van der Waals surface area (Å²) in [7, 11) is 0. The molecule has 0 aromatic carbocycles. The molecule has 1 aliphatic heterocycles. The Bertz CT molecular complexity index is 279. The van der Waals surface area contributed by atoms with Crippen LogP contribution in [-0.2, 0) is 0 Å². The van der Waals surface area contributed by atoms with Crippen molar-refractivity contribution in [1.29, 1.82) is 5.26 Å². The molecular formula is C15H26N2. The smallest absolute Gasteiger partial charge is 0.0672 e. The highest BCUT2D eigenvalue weighted by Gasteiger charge is 2.33. The summed E-state index contributed by atoms with van der Waals surface area (Å²) in [5, 5.41) is 9.20. The number of hydrogen-bond acceptors (Lipinski definition) is 2. The maximum atomic E-state index is 9.20. The zero-order chi connectivity index (χ0) is 12.3. The van der Waals surface area contributed by atoms with Crippen molar-refractivity contribution in [2.75, 3.05) is 13.1 Å². The summed E-state index contributed by atoms with van der Waals surface area (Å²) in [5.74, 6) is 2.04. The van der Waals surface area contributed by atoms with Gasteiger partial charge in [-0.05, 0) is 57.0 Å². The SMILES string of the molecule is CC(C)C1CCCN(C2CCCC2C#N)CC1. The van der Waals surface area contributed by atoms with Gasteiger partial charge < -0.3 is 0 Å². The predicted molar refractivity (Wildman–Crippen MR) is 70.5 cm³/mol. The molecule has 2 nitrogen and oxygen atoms in total. The summed E-state index contributed by atoms with van der Waals surface area (Å²) < 4.78 is 0.